The van der Waals surface area contributed by atoms with E-state index in [1.807, 2.05) is 29.7 Å². The number of benzene rings is 1. The number of aromatic nitrogens is 2. The first-order valence-corrected chi connectivity index (χ1v) is 10.5. The van der Waals surface area contributed by atoms with E-state index >= 15 is 0 Å². The number of nitrogens with zero attached hydrogens (tertiary/aromatic N) is 2. The van der Waals surface area contributed by atoms with Crippen molar-refractivity contribution in [1.29, 1.82) is 0 Å². The van der Waals surface area contributed by atoms with Gasteiger partial charge in [0.15, 0.2) is 5.16 Å². The predicted molar refractivity (Wildman–Crippen MR) is 103 cm³/mol. The van der Waals surface area contributed by atoms with Crippen LogP contribution in [0.25, 0.3) is 10.2 Å². The van der Waals surface area contributed by atoms with Gasteiger partial charge in [0.05, 0.1) is 5.39 Å². The molecule has 0 atom stereocenters. The van der Waals surface area contributed by atoms with E-state index in [4.69, 9.17) is 9.97 Å². The number of nitrogens with one attached hydrogen (secondary N) is 1. The molecule has 0 unspecified atom stereocenters. The van der Waals surface area contributed by atoms with E-state index < -0.39 is 0 Å². The summed E-state index contributed by atoms with van der Waals surface area (Å²) in [6, 6.07) is 8.21. The molecule has 2 heterocycles. The van der Waals surface area contributed by atoms with Gasteiger partial charge in [0.25, 0.3) is 0 Å². The van der Waals surface area contributed by atoms with Gasteiger partial charge in [-0.25, -0.2) is 9.97 Å². The average Bonchev–Trinajstić information content (AvgIpc) is 2.95. The summed E-state index contributed by atoms with van der Waals surface area (Å²) in [6.45, 7) is 0. The zero-order valence-electron chi connectivity index (χ0n) is 12.7. The molecule has 1 aromatic carbocycles. The SMILES string of the molecule is CSc1nc(Nc2ccc(Br)cc2)c2c3c(sc2n1)CCCC3. The fourth-order valence-corrected chi connectivity index (χ4v) is 4.94. The number of hydrogen-bond donors (Lipinski definition) is 1. The molecular weight excluding hydrogens is 390 g/mol. The van der Waals surface area contributed by atoms with E-state index in [9.17, 15) is 0 Å². The van der Waals surface area contributed by atoms with Gasteiger partial charge in [-0.3, -0.25) is 0 Å². The van der Waals surface area contributed by atoms with Gasteiger partial charge in [-0.05, 0) is 61.8 Å². The fraction of sp³-hybridized carbons (Fsp3) is 0.294. The average molecular weight is 406 g/mol. The smallest absolute Gasteiger partial charge is 0.190 e. The molecule has 1 aliphatic rings. The maximum atomic E-state index is 4.75. The van der Waals surface area contributed by atoms with Crippen molar-refractivity contribution in [3.63, 3.8) is 0 Å². The van der Waals surface area contributed by atoms with Crippen molar-refractivity contribution in [2.24, 2.45) is 0 Å². The van der Waals surface area contributed by atoms with Crippen molar-refractivity contribution in [1.82, 2.24) is 9.97 Å². The number of hydrogen-bond acceptors (Lipinski definition) is 5. The lowest BCUT2D eigenvalue weighted by molar-refractivity contribution is 0.700. The molecule has 3 aromatic rings. The molecule has 2 aromatic heterocycles. The van der Waals surface area contributed by atoms with Crippen molar-refractivity contribution >= 4 is 60.8 Å². The van der Waals surface area contributed by atoms with E-state index in [1.54, 1.807) is 11.8 Å². The Morgan fingerprint density at radius 3 is 2.70 bits per heavy atom. The van der Waals surface area contributed by atoms with Gasteiger partial charge in [0.2, 0.25) is 0 Å². The Bertz CT molecular complexity index is 858. The molecule has 6 heteroatoms. The molecule has 0 fully saturated rings. The maximum Gasteiger partial charge on any atom is 0.190 e. The summed E-state index contributed by atoms with van der Waals surface area (Å²) in [5.41, 5.74) is 2.51. The van der Waals surface area contributed by atoms with Crippen LogP contribution in [-0.4, -0.2) is 16.2 Å². The minimum atomic E-state index is 0.829. The summed E-state index contributed by atoms with van der Waals surface area (Å²) < 4.78 is 1.08. The minimum absolute atomic E-state index is 0.829. The number of aryl methyl sites for hydroxylation is 2. The molecule has 118 valence electrons. The first kappa shape index (κ1) is 15.4. The maximum absolute atomic E-state index is 4.75. The molecule has 0 bridgehead atoms. The minimum Gasteiger partial charge on any atom is -0.340 e. The van der Waals surface area contributed by atoms with Gasteiger partial charge in [-0.1, -0.05) is 27.7 Å². The number of fused-ring (bicyclic) bond motifs is 3. The molecule has 0 aliphatic heterocycles. The first-order valence-electron chi connectivity index (χ1n) is 7.63. The second kappa shape index (κ2) is 6.42. The third-order valence-corrected chi connectivity index (χ3v) is 6.35. The largest absolute Gasteiger partial charge is 0.340 e. The molecule has 0 amide bonds. The normalized spacial score (nSPS) is 14.0. The number of halogens is 1. The Morgan fingerprint density at radius 1 is 1.13 bits per heavy atom. The van der Waals surface area contributed by atoms with Crippen LogP contribution in [-0.2, 0) is 12.8 Å². The second-order valence-electron chi connectivity index (χ2n) is 5.58. The fourth-order valence-electron chi connectivity index (χ4n) is 2.99. The van der Waals surface area contributed by atoms with Crippen LogP contribution in [0.4, 0.5) is 11.5 Å². The van der Waals surface area contributed by atoms with Crippen LogP contribution in [0.3, 0.4) is 0 Å². The number of thioether (sulfide) groups is 1. The first-order chi connectivity index (χ1) is 11.2. The van der Waals surface area contributed by atoms with Crippen LogP contribution in [0.15, 0.2) is 33.9 Å². The standard InChI is InChI=1S/C17H16BrN3S2/c1-22-17-20-15(19-11-8-6-10(18)7-9-11)14-12-4-2-3-5-13(12)23-16(14)21-17/h6-9H,2-5H2,1H3,(H,19,20,21). The van der Waals surface area contributed by atoms with Gasteiger partial charge in [0.1, 0.15) is 10.6 Å². The highest BCUT2D eigenvalue weighted by atomic mass is 79.9. The Morgan fingerprint density at radius 2 is 1.91 bits per heavy atom. The highest BCUT2D eigenvalue weighted by Crippen LogP contribution is 2.40. The van der Waals surface area contributed by atoms with Gasteiger partial charge in [-0.2, -0.15) is 0 Å². The number of thiophene rings is 1. The Kier molecular flexibility index (Phi) is 4.30. The van der Waals surface area contributed by atoms with Gasteiger partial charge in [0, 0.05) is 15.0 Å². The summed E-state index contributed by atoms with van der Waals surface area (Å²) in [4.78, 5) is 12.1. The van der Waals surface area contributed by atoms with Crippen molar-refractivity contribution in [2.45, 2.75) is 30.8 Å². The number of rotatable bonds is 3. The van der Waals surface area contributed by atoms with Crippen LogP contribution in [0.1, 0.15) is 23.3 Å². The molecule has 1 N–H and O–H groups in total. The van der Waals surface area contributed by atoms with E-state index in [2.05, 4.69) is 33.4 Å². The molecule has 0 saturated heterocycles. The van der Waals surface area contributed by atoms with E-state index in [0.29, 0.717) is 0 Å². The van der Waals surface area contributed by atoms with Gasteiger partial charge in [-0.15, -0.1) is 11.3 Å². The lowest BCUT2D eigenvalue weighted by atomic mass is 9.97. The monoisotopic (exact) mass is 405 g/mol. The molecule has 3 nitrogen and oxygen atoms in total. The Balaban J connectivity index is 1.85. The van der Waals surface area contributed by atoms with Crippen LogP contribution in [0.5, 0.6) is 0 Å². The molecular formula is C17H16BrN3S2. The Labute approximate surface area is 152 Å². The molecule has 1 aliphatic carbocycles. The Hall–Kier alpha value is -1.11. The summed E-state index contributed by atoms with van der Waals surface area (Å²) in [6.07, 6.45) is 6.91. The van der Waals surface area contributed by atoms with Crippen LogP contribution in [0.2, 0.25) is 0 Å². The van der Waals surface area contributed by atoms with Crippen molar-refractivity contribution in [3.8, 4) is 0 Å². The van der Waals surface area contributed by atoms with Crippen LogP contribution < -0.4 is 5.32 Å². The molecule has 23 heavy (non-hydrogen) atoms. The topological polar surface area (TPSA) is 37.8 Å². The number of anilines is 2. The molecule has 0 radical (unpaired) electrons. The second-order valence-corrected chi connectivity index (χ2v) is 8.35. The summed E-state index contributed by atoms with van der Waals surface area (Å²) in [5.74, 6) is 0.945. The van der Waals surface area contributed by atoms with E-state index in [1.165, 1.54) is 35.1 Å². The van der Waals surface area contributed by atoms with E-state index in [0.717, 1.165) is 32.4 Å². The van der Waals surface area contributed by atoms with Gasteiger partial charge < -0.3 is 5.32 Å². The molecule has 0 saturated carbocycles. The third kappa shape index (κ3) is 2.99. The lowest BCUT2D eigenvalue weighted by Gasteiger charge is -2.13. The zero-order chi connectivity index (χ0) is 15.8. The molecule has 4 rings (SSSR count). The summed E-state index contributed by atoms with van der Waals surface area (Å²) >= 11 is 6.92. The van der Waals surface area contributed by atoms with Crippen molar-refractivity contribution in [3.05, 3.63) is 39.2 Å². The van der Waals surface area contributed by atoms with Gasteiger partial charge >= 0.3 is 0 Å². The molecule has 0 spiro atoms. The highest BCUT2D eigenvalue weighted by molar-refractivity contribution is 9.10. The predicted octanol–water partition coefficient (Wildman–Crippen LogP) is 5.80. The lowest BCUT2D eigenvalue weighted by Crippen LogP contribution is -2.01. The summed E-state index contributed by atoms with van der Waals surface area (Å²) in [5, 5.41) is 5.56. The van der Waals surface area contributed by atoms with Crippen LogP contribution in [0, 0.1) is 0 Å². The van der Waals surface area contributed by atoms with Crippen molar-refractivity contribution < 1.29 is 0 Å². The van der Waals surface area contributed by atoms with Crippen LogP contribution >= 0.6 is 39.0 Å². The third-order valence-electron chi connectivity index (χ3n) is 4.08. The highest BCUT2D eigenvalue weighted by Gasteiger charge is 2.21. The van der Waals surface area contributed by atoms with E-state index in [-0.39, 0.29) is 0 Å². The van der Waals surface area contributed by atoms with Crippen molar-refractivity contribution in [2.75, 3.05) is 11.6 Å². The zero-order valence-corrected chi connectivity index (χ0v) is 15.9. The summed E-state index contributed by atoms with van der Waals surface area (Å²) in [7, 11) is 0. The quantitative estimate of drug-likeness (QED) is 0.441.